The Kier molecular flexibility index (Phi) is 5.32. The Hall–Kier alpha value is -1.86. The van der Waals surface area contributed by atoms with Crippen molar-refractivity contribution in [2.24, 2.45) is 5.92 Å². The fourth-order valence-corrected chi connectivity index (χ4v) is 6.29. The predicted molar refractivity (Wildman–Crippen MR) is 112 cm³/mol. The molecule has 0 bridgehead atoms. The molecule has 0 aromatic heterocycles. The highest BCUT2D eigenvalue weighted by molar-refractivity contribution is 6.61. The van der Waals surface area contributed by atoms with Crippen molar-refractivity contribution < 1.29 is 0 Å². The Balaban J connectivity index is 1.56. The first-order valence-electron chi connectivity index (χ1n) is 9.89. The van der Waals surface area contributed by atoms with E-state index in [0.29, 0.717) is 0 Å². The molecule has 0 radical (unpaired) electrons. The maximum absolute atomic E-state index is 2.55. The van der Waals surface area contributed by atoms with E-state index < -0.39 is 0 Å². The second-order valence-electron chi connectivity index (χ2n) is 7.73. The van der Waals surface area contributed by atoms with E-state index in [2.05, 4.69) is 66.7 Å². The van der Waals surface area contributed by atoms with E-state index in [4.69, 9.17) is 0 Å². The molecule has 0 N–H and O–H groups in total. The number of benzene rings is 2. The van der Waals surface area contributed by atoms with Gasteiger partial charge in [-0.15, -0.1) is 0 Å². The lowest BCUT2D eigenvalue weighted by Crippen LogP contribution is -2.15. The van der Waals surface area contributed by atoms with Crippen molar-refractivity contribution >= 4 is 20.3 Å². The number of allylic oxidation sites excluding steroid dienone is 4. The summed E-state index contributed by atoms with van der Waals surface area (Å²) in [5.41, 5.74) is 4.69. The van der Waals surface area contributed by atoms with Crippen LogP contribution in [0.2, 0.25) is 0 Å². The van der Waals surface area contributed by atoms with Crippen molar-refractivity contribution in [3.63, 3.8) is 0 Å². The highest BCUT2D eigenvalue weighted by atomic mass is 28.2. The van der Waals surface area contributed by atoms with Crippen molar-refractivity contribution in [1.82, 2.24) is 0 Å². The fourth-order valence-electron chi connectivity index (χ4n) is 4.53. The van der Waals surface area contributed by atoms with E-state index in [-0.39, 0.29) is 9.52 Å². The molecule has 25 heavy (non-hydrogen) atoms. The van der Waals surface area contributed by atoms with Gasteiger partial charge in [-0.1, -0.05) is 115 Å². The van der Waals surface area contributed by atoms with Crippen LogP contribution < -0.4 is 5.19 Å². The van der Waals surface area contributed by atoms with Crippen LogP contribution in [0.15, 0.2) is 77.5 Å². The molecular weight excluding hydrogens is 316 g/mol. The lowest BCUT2D eigenvalue weighted by atomic mass is 9.83. The molecule has 2 aliphatic carbocycles. The van der Waals surface area contributed by atoms with Gasteiger partial charge in [0.15, 0.2) is 0 Å². The Morgan fingerprint density at radius 3 is 2.20 bits per heavy atom. The zero-order chi connectivity index (χ0) is 16.9. The summed E-state index contributed by atoms with van der Waals surface area (Å²) in [6.07, 6.45) is 12.3. The summed E-state index contributed by atoms with van der Waals surface area (Å²) < 4.78 is 0. The fraction of sp³-hybridized carbons (Fsp3) is 0.333. The summed E-state index contributed by atoms with van der Waals surface area (Å²) in [6, 6.07) is 22.2. The molecule has 1 saturated carbocycles. The van der Waals surface area contributed by atoms with Gasteiger partial charge in [0.2, 0.25) is 0 Å². The minimum atomic E-state index is -0.322. The Morgan fingerprint density at radius 2 is 1.48 bits per heavy atom. The molecule has 1 fully saturated rings. The molecule has 0 unspecified atom stereocenters. The average molecular weight is 345 g/mol. The quantitative estimate of drug-likeness (QED) is 0.655. The summed E-state index contributed by atoms with van der Waals surface area (Å²) in [5, 5.41) is 3.29. The zero-order valence-corrected chi connectivity index (χ0v) is 16.5. The summed E-state index contributed by atoms with van der Waals surface area (Å²) in [5.74, 6) is 0.925. The molecule has 2 aliphatic rings. The minimum absolute atomic E-state index is 0.322. The van der Waals surface area contributed by atoms with Crippen LogP contribution in [0.1, 0.15) is 50.5 Å². The third-order valence-electron chi connectivity index (χ3n) is 5.79. The molecule has 128 valence electrons. The van der Waals surface area contributed by atoms with Crippen LogP contribution in [0.5, 0.6) is 0 Å². The average Bonchev–Trinajstić information content (AvgIpc) is 3.06. The van der Waals surface area contributed by atoms with Gasteiger partial charge in [0.25, 0.3) is 0 Å². The summed E-state index contributed by atoms with van der Waals surface area (Å²) >= 11 is 0. The van der Waals surface area contributed by atoms with Crippen LogP contribution >= 0.6 is 0 Å². The van der Waals surface area contributed by atoms with Gasteiger partial charge >= 0.3 is 0 Å². The molecule has 0 aliphatic heterocycles. The van der Waals surface area contributed by atoms with Gasteiger partial charge in [-0.25, -0.2) is 0 Å². The normalized spacial score (nSPS) is 19.0. The maximum atomic E-state index is 2.55. The van der Waals surface area contributed by atoms with Crippen LogP contribution in [-0.4, -0.2) is 9.52 Å². The molecule has 2 aromatic carbocycles. The first-order valence-corrected chi connectivity index (χ1v) is 11.3. The van der Waals surface area contributed by atoms with Crippen molar-refractivity contribution in [2.75, 3.05) is 0 Å². The summed E-state index contributed by atoms with van der Waals surface area (Å²) in [4.78, 5) is 0. The van der Waals surface area contributed by atoms with Gasteiger partial charge in [-0.05, 0) is 29.9 Å². The molecule has 2 aromatic rings. The molecule has 0 atom stereocenters. The molecule has 0 heterocycles. The van der Waals surface area contributed by atoms with Gasteiger partial charge in [0, 0.05) is 0 Å². The first-order chi connectivity index (χ1) is 12.4. The standard InChI is InChI=1S/C24H28Si/c1-4-10-19(11-5-1)16-21-17-23(25-22-14-8-3-9-15-22)18-24(21)20-12-6-2-7-13-20/h2-3,6-9,12-15,18-19H,1,4-5,10-11,16-17,25H2. The largest absolute Gasteiger partial charge is 0.0828 e. The number of hydrogen-bond acceptors (Lipinski definition) is 0. The van der Waals surface area contributed by atoms with Crippen LogP contribution in [-0.2, 0) is 0 Å². The molecular formula is C24H28Si. The lowest BCUT2D eigenvalue weighted by molar-refractivity contribution is 0.355. The number of hydrogen-bond donors (Lipinski definition) is 0. The van der Waals surface area contributed by atoms with E-state index in [9.17, 15) is 0 Å². The lowest BCUT2D eigenvalue weighted by Gasteiger charge is -2.23. The predicted octanol–water partition coefficient (Wildman–Crippen LogP) is 5.19. The molecule has 0 nitrogen and oxygen atoms in total. The van der Waals surface area contributed by atoms with Crippen LogP contribution in [0.3, 0.4) is 0 Å². The van der Waals surface area contributed by atoms with Gasteiger partial charge in [-0.2, -0.15) is 0 Å². The Bertz CT molecular complexity index is 749. The van der Waals surface area contributed by atoms with E-state index in [1.807, 2.05) is 0 Å². The van der Waals surface area contributed by atoms with Crippen molar-refractivity contribution in [3.05, 3.63) is 83.1 Å². The molecule has 4 rings (SSSR count). The molecule has 0 saturated heterocycles. The minimum Gasteiger partial charge on any atom is -0.0780 e. The first kappa shape index (κ1) is 16.6. The summed E-state index contributed by atoms with van der Waals surface area (Å²) in [6.45, 7) is 0. The van der Waals surface area contributed by atoms with E-state index in [0.717, 1.165) is 5.92 Å². The van der Waals surface area contributed by atoms with Crippen molar-refractivity contribution in [3.8, 4) is 0 Å². The Labute approximate surface area is 154 Å². The third-order valence-corrected chi connectivity index (χ3v) is 7.58. The monoisotopic (exact) mass is 344 g/mol. The second kappa shape index (κ2) is 8.01. The Morgan fingerprint density at radius 1 is 0.800 bits per heavy atom. The second-order valence-corrected chi connectivity index (χ2v) is 9.81. The van der Waals surface area contributed by atoms with Gasteiger partial charge in [0.1, 0.15) is 0 Å². The van der Waals surface area contributed by atoms with E-state index in [1.54, 1.807) is 21.5 Å². The van der Waals surface area contributed by atoms with Crippen LogP contribution in [0.4, 0.5) is 0 Å². The van der Waals surface area contributed by atoms with Crippen LogP contribution in [0, 0.1) is 5.92 Å². The van der Waals surface area contributed by atoms with Gasteiger partial charge in [0.05, 0.1) is 9.52 Å². The zero-order valence-electron chi connectivity index (χ0n) is 15.1. The maximum Gasteiger partial charge on any atom is 0.0828 e. The SMILES string of the molecule is C1=C([SiH2]c2ccccc2)CC(CC2CCCCC2)=C1c1ccccc1. The highest BCUT2D eigenvalue weighted by Crippen LogP contribution is 2.38. The third kappa shape index (κ3) is 4.22. The van der Waals surface area contributed by atoms with Crippen molar-refractivity contribution in [1.29, 1.82) is 0 Å². The molecule has 1 heteroatoms. The molecule has 0 amide bonds. The van der Waals surface area contributed by atoms with Crippen molar-refractivity contribution in [2.45, 2.75) is 44.9 Å². The topological polar surface area (TPSA) is 0 Å². The van der Waals surface area contributed by atoms with Gasteiger partial charge < -0.3 is 0 Å². The van der Waals surface area contributed by atoms with Gasteiger partial charge in [-0.3, -0.25) is 0 Å². The highest BCUT2D eigenvalue weighted by Gasteiger charge is 2.22. The number of rotatable bonds is 5. The van der Waals surface area contributed by atoms with E-state index >= 15 is 0 Å². The summed E-state index contributed by atoms with van der Waals surface area (Å²) in [7, 11) is -0.322. The van der Waals surface area contributed by atoms with Crippen LogP contribution in [0.25, 0.3) is 5.57 Å². The van der Waals surface area contributed by atoms with E-state index in [1.165, 1.54) is 50.5 Å². The smallest absolute Gasteiger partial charge is 0.0780 e. The molecule has 0 spiro atoms.